The van der Waals surface area contributed by atoms with Crippen LogP contribution in [0.2, 0.25) is 0 Å². The molecule has 0 aliphatic carbocycles. The average molecular weight is 194 g/mol. The number of rotatable bonds is 2. The third kappa shape index (κ3) is 16.3. The van der Waals surface area contributed by atoms with Crippen molar-refractivity contribution in [3.05, 3.63) is 0 Å². The first-order valence-corrected chi connectivity index (χ1v) is 5.07. The van der Waals surface area contributed by atoms with Crippen LogP contribution in [0.15, 0.2) is 0 Å². The Morgan fingerprint density at radius 2 is 2.08 bits per heavy atom. The zero-order chi connectivity index (χ0) is 10.2. The van der Waals surface area contributed by atoms with Crippen LogP contribution in [0.4, 0.5) is 0 Å². The number of nitriles is 1. The average Bonchev–Trinajstić information content (AvgIpc) is 1.86. The maximum absolute atomic E-state index is 10.2. The fourth-order valence-corrected chi connectivity index (χ4v) is 0.612. The number of nitrogens with two attached hydrogens (primary N) is 1. The van der Waals surface area contributed by atoms with E-state index < -0.39 is 7.60 Å². The van der Waals surface area contributed by atoms with Crippen LogP contribution in [0.5, 0.6) is 0 Å². The molecule has 0 saturated carbocycles. The fraction of sp³-hybridized carbons (Fsp3) is 0.833. The summed E-state index contributed by atoms with van der Waals surface area (Å²) in [6.45, 7) is 5.52. The van der Waals surface area contributed by atoms with Crippen molar-refractivity contribution in [1.82, 2.24) is 0 Å². The van der Waals surface area contributed by atoms with E-state index in [1.807, 2.05) is 13.8 Å². The SMILES string of the molecule is CC(C)N.CCOP(=O)(O)C#N. The first kappa shape index (κ1) is 14.1. The molecule has 0 aromatic rings. The summed E-state index contributed by atoms with van der Waals surface area (Å²) >= 11 is 0. The predicted molar refractivity (Wildman–Crippen MR) is 46.4 cm³/mol. The van der Waals surface area contributed by atoms with E-state index in [2.05, 4.69) is 4.52 Å². The summed E-state index contributed by atoms with van der Waals surface area (Å²) < 4.78 is 14.3. The molecule has 0 aromatic carbocycles. The molecule has 0 bridgehead atoms. The molecular weight excluding hydrogens is 179 g/mol. The minimum atomic E-state index is -3.87. The van der Waals surface area contributed by atoms with Gasteiger partial charge in [0, 0.05) is 0 Å². The minimum Gasteiger partial charge on any atom is -0.328 e. The summed E-state index contributed by atoms with van der Waals surface area (Å²) in [7, 11) is -3.87. The summed E-state index contributed by atoms with van der Waals surface area (Å²) in [4.78, 5) is 8.30. The summed E-state index contributed by atoms with van der Waals surface area (Å²) in [5.74, 6) is 1.13. The van der Waals surface area contributed by atoms with Gasteiger partial charge in [-0.25, -0.2) is 4.57 Å². The van der Waals surface area contributed by atoms with E-state index in [0.717, 1.165) is 5.81 Å². The zero-order valence-electron chi connectivity index (χ0n) is 7.52. The summed E-state index contributed by atoms with van der Waals surface area (Å²) in [5, 5.41) is 7.84. The van der Waals surface area contributed by atoms with Gasteiger partial charge in [0.25, 0.3) is 0 Å². The van der Waals surface area contributed by atoms with Crippen molar-refractivity contribution in [3.63, 3.8) is 0 Å². The third-order valence-corrected chi connectivity index (χ3v) is 1.29. The summed E-state index contributed by atoms with van der Waals surface area (Å²) in [5.41, 5.74) is 5.11. The van der Waals surface area contributed by atoms with Crippen LogP contribution in [0.3, 0.4) is 0 Å². The highest BCUT2D eigenvalue weighted by atomic mass is 31.2. The van der Waals surface area contributed by atoms with Crippen molar-refractivity contribution in [1.29, 1.82) is 5.26 Å². The molecule has 12 heavy (non-hydrogen) atoms. The molecule has 0 heterocycles. The fourth-order valence-electron chi connectivity index (χ4n) is 0.204. The lowest BCUT2D eigenvalue weighted by Gasteiger charge is -1.97. The van der Waals surface area contributed by atoms with E-state index in [-0.39, 0.29) is 6.61 Å². The highest BCUT2D eigenvalue weighted by molar-refractivity contribution is 7.58. The highest BCUT2D eigenvalue weighted by Crippen LogP contribution is 2.39. The van der Waals surface area contributed by atoms with Crippen LogP contribution in [0.1, 0.15) is 20.8 Å². The van der Waals surface area contributed by atoms with Gasteiger partial charge in [-0.15, -0.1) is 0 Å². The lowest BCUT2D eigenvalue weighted by Crippen LogP contribution is -2.06. The lowest BCUT2D eigenvalue weighted by molar-refractivity contribution is 0.284. The van der Waals surface area contributed by atoms with Gasteiger partial charge in [-0.2, -0.15) is 5.26 Å². The molecule has 1 atom stereocenters. The van der Waals surface area contributed by atoms with E-state index in [9.17, 15) is 4.57 Å². The normalized spacial score (nSPS) is 14.1. The standard InChI is InChI=1S/C3H6NO3P.C3H9N/c1-2-7-8(5,6)3-4;1-3(2)4/h2H2,1H3,(H,5,6);3H,4H2,1-2H3. The molecule has 3 N–H and O–H groups in total. The molecular formula is C6H15N2O3P. The van der Waals surface area contributed by atoms with Crippen LogP contribution >= 0.6 is 7.60 Å². The molecule has 0 saturated heterocycles. The predicted octanol–water partition coefficient (Wildman–Crippen LogP) is 1.04. The van der Waals surface area contributed by atoms with E-state index in [0.29, 0.717) is 6.04 Å². The second-order valence-electron chi connectivity index (χ2n) is 2.28. The second kappa shape index (κ2) is 7.26. The van der Waals surface area contributed by atoms with Crippen molar-refractivity contribution in [2.24, 2.45) is 5.73 Å². The quantitative estimate of drug-likeness (QED) is 0.640. The smallest absolute Gasteiger partial charge is 0.328 e. The molecule has 0 aliphatic rings. The van der Waals surface area contributed by atoms with Crippen molar-refractivity contribution in [2.45, 2.75) is 26.8 Å². The topological polar surface area (TPSA) is 96.3 Å². The van der Waals surface area contributed by atoms with Gasteiger partial charge in [0.2, 0.25) is 0 Å². The Kier molecular flexibility index (Phi) is 8.56. The van der Waals surface area contributed by atoms with Crippen LogP contribution in [-0.4, -0.2) is 17.5 Å². The van der Waals surface area contributed by atoms with Crippen molar-refractivity contribution in [3.8, 4) is 5.81 Å². The molecule has 5 nitrogen and oxygen atoms in total. The van der Waals surface area contributed by atoms with Crippen molar-refractivity contribution >= 4 is 7.60 Å². The molecule has 0 amide bonds. The monoisotopic (exact) mass is 194 g/mol. The van der Waals surface area contributed by atoms with Gasteiger partial charge < -0.3 is 10.6 Å². The minimum absolute atomic E-state index is 0.0847. The third-order valence-electron chi connectivity index (χ3n) is 0.430. The largest absolute Gasteiger partial charge is 0.428 e. The molecule has 0 spiro atoms. The van der Waals surface area contributed by atoms with Crippen molar-refractivity contribution in [2.75, 3.05) is 6.61 Å². The van der Waals surface area contributed by atoms with Gasteiger partial charge in [-0.3, -0.25) is 4.52 Å². The zero-order valence-corrected chi connectivity index (χ0v) is 8.41. The van der Waals surface area contributed by atoms with Gasteiger partial charge in [0.15, 0.2) is 5.81 Å². The molecule has 0 rings (SSSR count). The molecule has 0 radical (unpaired) electrons. The van der Waals surface area contributed by atoms with Gasteiger partial charge in [0.05, 0.1) is 6.61 Å². The Morgan fingerprint density at radius 3 is 2.17 bits per heavy atom. The number of hydrogen-bond acceptors (Lipinski definition) is 4. The lowest BCUT2D eigenvalue weighted by atomic mass is 10.5. The Balaban J connectivity index is 0. The first-order valence-electron chi connectivity index (χ1n) is 3.50. The summed E-state index contributed by atoms with van der Waals surface area (Å²) in [6, 6.07) is 0.333. The van der Waals surface area contributed by atoms with Gasteiger partial charge >= 0.3 is 7.60 Å². The summed E-state index contributed by atoms with van der Waals surface area (Å²) in [6.07, 6.45) is 0. The van der Waals surface area contributed by atoms with E-state index >= 15 is 0 Å². The van der Waals surface area contributed by atoms with Gasteiger partial charge in [-0.05, 0) is 13.0 Å². The molecule has 0 aromatic heterocycles. The Morgan fingerprint density at radius 1 is 1.75 bits per heavy atom. The Hall–Kier alpha value is -0.400. The van der Waals surface area contributed by atoms with Gasteiger partial charge in [-0.1, -0.05) is 13.8 Å². The second-order valence-corrected chi connectivity index (χ2v) is 3.78. The maximum atomic E-state index is 10.2. The molecule has 0 aliphatic heterocycles. The Labute approximate surface area is 72.7 Å². The molecule has 1 unspecified atom stereocenters. The van der Waals surface area contributed by atoms with Crippen LogP contribution < -0.4 is 5.73 Å². The number of hydrogen-bond donors (Lipinski definition) is 2. The van der Waals surface area contributed by atoms with Crippen LogP contribution in [-0.2, 0) is 9.09 Å². The van der Waals surface area contributed by atoms with Crippen LogP contribution in [0.25, 0.3) is 0 Å². The van der Waals surface area contributed by atoms with E-state index in [1.165, 1.54) is 0 Å². The first-order chi connectivity index (χ1) is 5.35. The van der Waals surface area contributed by atoms with E-state index in [1.54, 1.807) is 6.92 Å². The number of nitrogens with zero attached hydrogens (tertiary/aromatic N) is 1. The van der Waals surface area contributed by atoms with Gasteiger partial charge in [0.1, 0.15) is 0 Å². The maximum Gasteiger partial charge on any atom is 0.428 e. The van der Waals surface area contributed by atoms with Crippen molar-refractivity contribution < 1.29 is 14.0 Å². The van der Waals surface area contributed by atoms with Crippen LogP contribution in [0, 0.1) is 11.1 Å². The molecule has 0 fully saturated rings. The molecule has 6 heteroatoms. The highest BCUT2D eigenvalue weighted by Gasteiger charge is 2.15. The Bertz CT molecular complexity index is 185. The van der Waals surface area contributed by atoms with E-state index in [4.69, 9.17) is 15.9 Å². The molecule has 72 valence electrons.